The van der Waals surface area contributed by atoms with Crippen molar-refractivity contribution in [2.75, 3.05) is 7.11 Å². The average Bonchev–Trinajstić information content (AvgIpc) is 2.70. The molecule has 0 aliphatic heterocycles. The van der Waals surface area contributed by atoms with Gasteiger partial charge in [-0.25, -0.2) is 4.68 Å². The predicted octanol–water partition coefficient (Wildman–Crippen LogP) is 2.46. The van der Waals surface area contributed by atoms with Crippen LogP contribution in [0.3, 0.4) is 0 Å². The summed E-state index contributed by atoms with van der Waals surface area (Å²) >= 11 is 3.32. The normalized spacial score (nSPS) is 10.1. The summed E-state index contributed by atoms with van der Waals surface area (Å²) in [7, 11) is 1.61. The van der Waals surface area contributed by atoms with E-state index in [0.29, 0.717) is 10.2 Å². The van der Waals surface area contributed by atoms with E-state index in [1.165, 1.54) is 6.20 Å². The van der Waals surface area contributed by atoms with Crippen LogP contribution in [0, 0.1) is 0 Å². The maximum absolute atomic E-state index is 10.7. The van der Waals surface area contributed by atoms with Crippen molar-refractivity contribution >= 4 is 22.2 Å². The molecule has 16 heavy (non-hydrogen) atoms. The van der Waals surface area contributed by atoms with Crippen LogP contribution in [0.1, 0.15) is 10.4 Å². The summed E-state index contributed by atoms with van der Waals surface area (Å²) in [6.07, 6.45) is 2.27. The number of methoxy groups -OCH3 is 1. The summed E-state index contributed by atoms with van der Waals surface area (Å²) < 4.78 is 7.39. The van der Waals surface area contributed by atoms with Crippen molar-refractivity contribution in [3.05, 3.63) is 40.6 Å². The summed E-state index contributed by atoms with van der Waals surface area (Å²) in [5.74, 6) is 0.743. The van der Waals surface area contributed by atoms with Gasteiger partial charge < -0.3 is 4.74 Å². The van der Waals surface area contributed by atoms with Crippen molar-refractivity contribution in [2.45, 2.75) is 0 Å². The third-order valence-corrected chi connectivity index (χ3v) is 2.96. The number of hydrogen-bond acceptors (Lipinski definition) is 3. The minimum absolute atomic E-state index is 0.516. The van der Waals surface area contributed by atoms with Gasteiger partial charge in [0, 0.05) is 6.07 Å². The Labute approximate surface area is 101 Å². The van der Waals surface area contributed by atoms with Crippen LogP contribution in [-0.2, 0) is 0 Å². The van der Waals surface area contributed by atoms with Gasteiger partial charge in [-0.05, 0) is 28.1 Å². The third-order valence-electron chi connectivity index (χ3n) is 2.16. The summed E-state index contributed by atoms with van der Waals surface area (Å²) in [5.41, 5.74) is 1.35. The Morgan fingerprint density at radius 2 is 2.31 bits per heavy atom. The van der Waals surface area contributed by atoms with Crippen molar-refractivity contribution in [2.24, 2.45) is 0 Å². The molecule has 4 nitrogen and oxygen atoms in total. The number of ether oxygens (including phenoxy) is 1. The van der Waals surface area contributed by atoms with Gasteiger partial charge in [0.25, 0.3) is 0 Å². The monoisotopic (exact) mass is 280 g/mol. The fraction of sp³-hybridized carbons (Fsp3) is 0.0909. The zero-order valence-corrected chi connectivity index (χ0v) is 10.1. The van der Waals surface area contributed by atoms with Gasteiger partial charge in [0.2, 0.25) is 0 Å². The van der Waals surface area contributed by atoms with E-state index in [4.69, 9.17) is 4.74 Å². The first-order valence-electron chi connectivity index (χ1n) is 4.59. The molecule has 0 fully saturated rings. The standard InChI is InChI=1S/C11H9BrN2O2/c1-16-10-4-2-3-9(5-10)14-11(12)8(7-15)6-13-14/h2-7H,1H3. The van der Waals surface area contributed by atoms with Gasteiger partial charge >= 0.3 is 0 Å². The number of carbonyl (C=O) groups is 1. The Balaban J connectivity index is 2.49. The molecule has 0 saturated carbocycles. The number of carbonyl (C=O) groups excluding carboxylic acids is 1. The van der Waals surface area contributed by atoms with E-state index in [0.717, 1.165) is 17.7 Å². The first-order chi connectivity index (χ1) is 7.76. The van der Waals surface area contributed by atoms with Crippen LogP contribution in [0.5, 0.6) is 5.75 Å². The molecule has 2 rings (SSSR count). The van der Waals surface area contributed by atoms with Crippen LogP contribution in [0.15, 0.2) is 35.1 Å². The van der Waals surface area contributed by atoms with Crippen molar-refractivity contribution in [1.82, 2.24) is 9.78 Å². The molecule has 0 spiro atoms. The molecular weight excluding hydrogens is 272 g/mol. The van der Waals surface area contributed by atoms with E-state index in [1.54, 1.807) is 11.8 Å². The molecule has 1 aromatic heterocycles. The van der Waals surface area contributed by atoms with E-state index < -0.39 is 0 Å². The zero-order valence-electron chi connectivity index (χ0n) is 8.55. The highest BCUT2D eigenvalue weighted by molar-refractivity contribution is 9.10. The minimum atomic E-state index is 0.516. The molecule has 0 aliphatic carbocycles. The molecular formula is C11H9BrN2O2. The van der Waals surface area contributed by atoms with E-state index in [2.05, 4.69) is 21.0 Å². The van der Waals surface area contributed by atoms with Crippen molar-refractivity contribution in [3.63, 3.8) is 0 Å². The second-order valence-electron chi connectivity index (χ2n) is 3.12. The van der Waals surface area contributed by atoms with Gasteiger partial charge in [-0.2, -0.15) is 5.10 Å². The van der Waals surface area contributed by atoms with Gasteiger partial charge in [0.15, 0.2) is 6.29 Å². The Hall–Kier alpha value is -1.62. The molecule has 1 aromatic carbocycles. The molecule has 0 N–H and O–H groups in total. The van der Waals surface area contributed by atoms with Crippen LogP contribution in [0.25, 0.3) is 5.69 Å². The van der Waals surface area contributed by atoms with Gasteiger partial charge in [-0.3, -0.25) is 4.79 Å². The van der Waals surface area contributed by atoms with Gasteiger partial charge in [-0.1, -0.05) is 6.07 Å². The molecule has 0 aliphatic rings. The number of halogens is 1. The second kappa shape index (κ2) is 4.49. The van der Waals surface area contributed by atoms with Crippen molar-refractivity contribution in [3.8, 4) is 11.4 Å². The first kappa shape index (κ1) is 10.9. The topological polar surface area (TPSA) is 44.1 Å². The highest BCUT2D eigenvalue weighted by Gasteiger charge is 2.08. The van der Waals surface area contributed by atoms with Crippen LogP contribution in [0.2, 0.25) is 0 Å². The van der Waals surface area contributed by atoms with Gasteiger partial charge in [-0.15, -0.1) is 0 Å². The van der Waals surface area contributed by atoms with E-state index >= 15 is 0 Å². The Kier molecular flexibility index (Phi) is 3.05. The fourth-order valence-corrected chi connectivity index (χ4v) is 1.84. The maximum atomic E-state index is 10.7. The smallest absolute Gasteiger partial charge is 0.154 e. The summed E-state index contributed by atoms with van der Waals surface area (Å²) in [4.78, 5) is 10.7. The molecule has 5 heteroatoms. The molecule has 2 aromatic rings. The predicted molar refractivity (Wildman–Crippen MR) is 63.2 cm³/mol. The van der Waals surface area contributed by atoms with Crippen LogP contribution in [0.4, 0.5) is 0 Å². The van der Waals surface area contributed by atoms with Crippen LogP contribution >= 0.6 is 15.9 Å². The molecule has 0 atom stereocenters. The maximum Gasteiger partial charge on any atom is 0.154 e. The van der Waals surface area contributed by atoms with E-state index in [1.807, 2.05) is 24.3 Å². The molecule has 0 unspecified atom stereocenters. The van der Waals surface area contributed by atoms with E-state index in [9.17, 15) is 4.79 Å². The number of nitrogens with zero attached hydrogens (tertiary/aromatic N) is 2. The molecule has 0 bridgehead atoms. The molecule has 0 radical (unpaired) electrons. The largest absolute Gasteiger partial charge is 0.497 e. The number of hydrogen-bond donors (Lipinski definition) is 0. The Morgan fingerprint density at radius 3 is 2.94 bits per heavy atom. The number of aromatic nitrogens is 2. The summed E-state index contributed by atoms with van der Waals surface area (Å²) in [5, 5.41) is 4.12. The van der Waals surface area contributed by atoms with Crippen LogP contribution in [-0.4, -0.2) is 23.2 Å². The summed E-state index contributed by atoms with van der Waals surface area (Å²) in [6, 6.07) is 7.44. The van der Waals surface area contributed by atoms with Gasteiger partial charge in [0.1, 0.15) is 10.4 Å². The lowest BCUT2D eigenvalue weighted by Gasteiger charge is -2.05. The van der Waals surface area contributed by atoms with Gasteiger partial charge in [0.05, 0.1) is 24.6 Å². The number of benzene rings is 1. The molecule has 0 saturated heterocycles. The highest BCUT2D eigenvalue weighted by atomic mass is 79.9. The van der Waals surface area contributed by atoms with Crippen molar-refractivity contribution < 1.29 is 9.53 Å². The Morgan fingerprint density at radius 1 is 1.50 bits per heavy atom. The summed E-state index contributed by atoms with van der Waals surface area (Å²) in [6.45, 7) is 0. The van der Waals surface area contributed by atoms with Crippen LogP contribution < -0.4 is 4.74 Å². The minimum Gasteiger partial charge on any atom is -0.497 e. The second-order valence-corrected chi connectivity index (χ2v) is 3.87. The molecule has 1 heterocycles. The van der Waals surface area contributed by atoms with E-state index in [-0.39, 0.29) is 0 Å². The lowest BCUT2D eigenvalue weighted by molar-refractivity contribution is 0.112. The highest BCUT2D eigenvalue weighted by Crippen LogP contribution is 2.22. The number of aldehydes is 1. The SMILES string of the molecule is COc1cccc(-n2ncc(C=O)c2Br)c1. The number of rotatable bonds is 3. The van der Waals surface area contributed by atoms with Crippen molar-refractivity contribution in [1.29, 1.82) is 0 Å². The third kappa shape index (κ3) is 1.86. The zero-order chi connectivity index (χ0) is 11.5. The molecule has 82 valence electrons. The first-order valence-corrected chi connectivity index (χ1v) is 5.38. The quantitative estimate of drug-likeness (QED) is 0.812. The lowest BCUT2D eigenvalue weighted by Crippen LogP contribution is -1.97. The Bertz CT molecular complexity index is 522. The lowest BCUT2D eigenvalue weighted by atomic mass is 10.3. The average molecular weight is 281 g/mol. The fourth-order valence-electron chi connectivity index (χ4n) is 1.35. The molecule has 0 amide bonds.